The van der Waals surface area contributed by atoms with E-state index in [1.165, 1.54) is 0 Å². The molecule has 3 nitrogen and oxygen atoms in total. The summed E-state index contributed by atoms with van der Waals surface area (Å²) in [6.45, 7) is 2.06. The molecule has 0 saturated heterocycles. The maximum atomic E-state index is 5.68. The van der Waals surface area contributed by atoms with Crippen LogP contribution < -0.4 is 10.5 Å². The van der Waals surface area contributed by atoms with Crippen LogP contribution in [-0.2, 0) is 6.42 Å². The van der Waals surface area contributed by atoms with Crippen molar-refractivity contribution < 1.29 is 4.74 Å². The van der Waals surface area contributed by atoms with E-state index in [0.717, 1.165) is 29.3 Å². The third-order valence-electron chi connectivity index (χ3n) is 2.27. The quantitative estimate of drug-likeness (QED) is 0.799. The van der Waals surface area contributed by atoms with Gasteiger partial charge in [0.1, 0.15) is 11.5 Å². The van der Waals surface area contributed by atoms with Crippen LogP contribution in [0.1, 0.15) is 12.6 Å². The third-order valence-corrected chi connectivity index (χ3v) is 2.27. The number of ether oxygens (including phenoxy) is 1. The molecule has 0 aliphatic rings. The van der Waals surface area contributed by atoms with Crippen LogP contribution >= 0.6 is 0 Å². The summed E-state index contributed by atoms with van der Waals surface area (Å²) in [5.74, 6) is 1.58. The molecule has 16 heavy (non-hydrogen) atoms. The minimum Gasteiger partial charge on any atom is -0.457 e. The minimum absolute atomic E-state index is 0.733. The smallest absolute Gasteiger partial charge is 0.130 e. The Morgan fingerprint density at radius 1 is 1.12 bits per heavy atom. The van der Waals surface area contributed by atoms with Crippen LogP contribution in [-0.4, -0.2) is 4.98 Å². The van der Waals surface area contributed by atoms with Gasteiger partial charge in [0, 0.05) is 23.6 Å². The van der Waals surface area contributed by atoms with E-state index in [1.807, 2.05) is 36.4 Å². The van der Waals surface area contributed by atoms with Crippen LogP contribution in [0.5, 0.6) is 11.5 Å². The van der Waals surface area contributed by atoms with Gasteiger partial charge >= 0.3 is 0 Å². The largest absolute Gasteiger partial charge is 0.457 e. The summed E-state index contributed by atoms with van der Waals surface area (Å²) < 4.78 is 5.68. The van der Waals surface area contributed by atoms with Crippen LogP contribution in [0, 0.1) is 0 Å². The number of hydrogen-bond acceptors (Lipinski definition) is 3. The predicted octanol–water partition coefficient (Wildman–Crippen LogP) is 3.02. The Bertz CT molecular complexity index is 466. The molecule has 0 amide bonds. The molecule has 0 saturated carbocycles. The number of hydrogen-bond donors (Lipinski definition) is 1. The van der Waals surface area contributed by atoms with Crippen molar-refractivity contribution in [3.05, 3.63) is 48.3 Å². The Kier molecular flexibility index (Phi) is 3.05. The molecule has 3 heteroatoms. The molecule has 2 rings (SSSR count). The first kappa shape index (κ1) is 10.5. The number of pyridine rings is 1. The van der Waals surface area contributed by atoms with Gasteiger partial charge in [-0.2, -0.15) is 0 Å². The van der Waals surface area contributed by atoms with E-state index in [9.17, 15) is 0 Å². The summed E-state index contributed by atoms with van der Waals surface area (Å²) in [5, 5.41) is 0. The SMILES string of the molecule is CCc1cc(Oc2ccc(N)cc2)ccn1. The first-order valence-corrected chi connectivity index (χ1v) is 5.26. The van der Waals surface area contributed by atoms with Crippen LogP contribution in [0.4, 0.5) is 5.69 Å². The highest BCUT2D eigenvalue weighted by atomic mass is 16.5. The summed E-state index contributed by atoms with van der Waals surface area (Å²) in [5.41, 5.74) is 7.35. The number of aryl methyl sites for hydroxylation is 1. The van der Waals surface area contributed by atoms with Gasteiger partial charge in [-0.05, 0) is 36.8 Å². The van der Waals surface area contributed by atoms with Gasteiger partial charge in [0.05, 0.1) is 0 Å². The van der Waals surface area contributed by atoms with Gasteiger partial charge in [-0.15, -0.1) is 0 Å². The van der Waals surface area contributed by atoms with Crippen molar-refractivity contribution in [2.75, 3.05) is 5.73 Å². The summed E-state index contributed by atoms with van der Waals surface area (Å²) in [6, 6.07) is 11.1. The van der Waals surface area contributed by atoms with Crippen LogP contribution in [0.15, 0.2) is 42.6 Å². The molecule has 82 valence electrons. The minimum atomic E-state index is 0.733. The van der Waals surface area contributed by atoms with Gasteiger partial charge in [-0.3, -0.25) is 4.98 Å². The summed E-state index contributed by atoms with van der Waals surface area (Å²) in [4.78, 5) is 4.21. The Labute approximate surface area is 94.9 Å². The van der Waals surface area contributed by atoms with Gasteiger partial charge in [0.15, 0.2) is 0 Å². The Balaban J connectivity index is 2.16. The van der Waals surface area contributed by atoms with E-state index in [-0.39, 0.29) is 0 Å². The monoisotopic (exact) mass is 214 g/mol. The molecular formula is C13H14N2O. The van der Waals surface area contributed by atoms with E-state index >= 15 is 0 Å². The lowest BCUT2D eigenvalue weighted by atomic mass is 10.3. The highest BCUT2D eigenvalue weighted by molar-refractivity contribution is 5.43. The molecule has 0 fully saturated rings. The fourth-order valence-electron chi connectivity index (χ4n) is 1.38. The van der Waals surface area contributed by atoms with E-state index in [4.69, 9.17) is 10.5 Å². The number of anilines is 1. The van der Waals surface area contributed by atoms with Crippen LogP contribution in [0.25, 0.3) is 0 Å². The van der Waals surface area contributed by atoms with Crippen molar-refractivity contribution in [1.29, 1.82) is 0 Å². The van der Waals surface area contributed by atoms with Crippen molar-refractivity contribution in [2.24, 2.45) is 0 Å². The second kappa shape index (κ2) is 4.66. The van der Waals surface area contributed by atoms with Crippen molar-refractivity contribution in [2.45, 2.75) is 13.3 Å². The number of nitrogens with two attached hydrogens (primary N) is 1. The highest BCUT2D eigenvalue weighted by Crippen LogP contribution is 2.22. The zero-order valence-corrected chi connectivity index (χ0v) is 9.18. The number of nitrogens with zero attached hydrogens (tertiary/aromatic N) is 1. The average Bonchev–Trinajstić information content (AvgIpc) is 2.32. The molecule has 0 aliphatic heterocycles. The topological polar surface area (TPSA) is 48.1 Å². The number of aromatic nitrogens is 1. The molecule has 0 bridgehead atoms. The number of rotatable bonds is 3. The van der Waals surface area contributed by atoms with Gasteiger partial charge in [-0.25, -0.2) is 0 Å². The predicted molar refractivity (Wildman–Crippen MR) is 64.5 cm³/mol. The Morgan fingerprint density at radius 2 is 1.88 bits per heavy atom. The van der Waals surface area contributed by atoms with Crippen LogP contribution in [0.2, 0.25) is 0 Å². The standard InChI is InChI=1S/C13H14N2O/c1-2-11-9-13(7-8-15-11)16-12-5-3-10(14)4-6-12/h3-9H,2,14H2,1H3. The lowest BCUT2D eigenvalue weighted by Gasteiger charge is -2.06. The van der Waals surface area contributed by atoms with Crippen molar-refractivity contribution in [1.82, 2.24) is 4.98 Å². The third kappa shape index (κ3) is 2.51. The molecular weight excluding hydrogens is 200 g/mol. The van der Waals surface area contributed by atoms with Gasteiger partial charge in [-0.1, -0.05) is 6.92 Å². The molecule has 0 spiro atoms. The maximum Gasteiger partial charge on any atom is 0.130 e. The summed E-state index contributed by atoms with van der Waals surface area (Å²) in [7, 11) is 0. The Morgan fingerprint density at radius 3 is 2.56 bits per heavy atom. The highest BCUT2D eigenvalue weighted by Gasteiger charge is 1.98. The normalized spacial score (nSPS) is 10.1. The van der Waals surface area contributed by atoms with Crippen molar-refractivity contribution >= 4 is 5.69 Å². The van der Waals surface area contributed by atoms with Gasteiger partial charge in [0.25, 0.3) is 0 Å². The van der Waals surface area contributed by atoms with Crippen molar-refractivity contribution in [3.8, 4) is 11.5 Å². The lowest BCUT2D eigenvalue weighted by Crippen LogP contribution is -1.90. The van der Waals surface area contributed by atoms with E-state index < -0.39 is 0 Å². The van der Waals surface area contributed by atoms with E-state index in [1.54, 1.807) is 6.20 Å². The van der Waals surface area contributed by atoms with Crippen molar-refractivity contribution in [3.63, 3.8) is 0 Å². The fourth-order valence-corrected chi connectivity index (χ4v) is 1.38. The molecule has 0 unspecified atom stereocenters. The molecule has 0 atom stereocenters. The molecule has 0 radical (unpaired) electrons. The van der Waals surface area contributed by atoms with Crippen LogP contribution in [0.3, 0.4) is 0 Å². The zero-order valence-electron chi connectivity index (χ0n) is 9.18. The van der Waals surface area contributed by atoms with E-state index in [0.29, 0.717) is 0 Å². The molecule has 2 N–H and O–H groups in total. The molecule has 1 aromatic carbocycles. The molecule has 0 aliphatic carbocycles. The summed E-state index contributed by atoms with van der Waals surface area (Å²) >= 11 is 0. The maximum absolute atomic E-state index is 5.68. The van der Waals surface area contributed by atoms with E-state index in [2.05, 4.69) is 11.9 Å². The first-order valence-electron chi connectivity index (χ1n) is 5.26. The molecule has 2 aromatic rings. The molecule has 1 heterocycles. The molecule has 1 aromatic heterocycles. The summed E-state index contributed by atoms with van der Waals surface area (Å²) in [6.07, 6.45) is 2.66. The van der Waals surface area contributed by atoms with Gasteiger partial charge < -0.3 is 10.5 Å². The Hall–Kier alpha value is -2.03. The number of nitrogen functional groups attached to an aromatic ring is 1. The fraction of sp³-hybridized carbons (Fsp3) is 0.154. The lowest BCUT2D eigenvalue weighted by molar-refractivity contribution is 0.481. The number of benzene rings is 1. The second-order valence-electron chi connectivity index (χ2n) is 3.51. The van der Waals surface area contributed by atoms with Gasteiger partial charge in [0.2, 0.25) is 0 Å². The zero-order chi connectivity index (χ0) is 11.4. The second-order valence-corrected chi connectivity index (χ2v) is 3.51. The first-order chi connectivity index (χ1) is 7.78. The average molecular weight is 214 g/mol.